The smallest absolute Gasteiger partial charge is 0.121 e. The first-order valence-corrected chi connectivity index (χ1v) is 6.15. The number of aryl methyl sites for hydroxylation is 1. The van der Waals surface area contributed by atoms with E-state index in [1.807, 2.05) is 50.5 Å². The normalized spacial score (nSPS) is 10.1. The summed E-state index contributed by atoms with van der Waals surface area (Å²) in [5.41, 5.74) is 3.41. The molecule has 0 unspecified atom stereocenters. The molecule has 18 heavy (non-hydrogen) atoms. The number of benzene rings is 1. The van der Waals surface area contributed by atoms with E-state index in [9.17, 15) is 0 Å². The lowest BCUT2D eigenvalue weighted by Crippen LogP contribution is -2.00. The minimum Gasteiger partial charge on any atom is -0.494 e. The monoisotopic (exact) mass is 242 g/mol. The van der Waals surface area contributed by atoms with E-state index >= 15 is 0 Å². The molecule has 1 aromatic carbocycles. The van der Waals surface area contributed by atoms with Crippen molar-refractivity contribution < 1.29 is 4.74 Å². The van der Waals surface area contributed by atoms with Gasteiger partial charge in [-0.15, -0.1) is 0 Å². The molecule has 1 aromatic heterocycles. The van der Waals surface area contributed by atoms with Gasteiger partial charge in [-0.25, -0.2) is 0 Å². The molecule has 1 N–H and O–H groups in total. The van der Waals surface area contributed by atoms with E-state index in [4.69, 9.17) is 4.74 Å². The van der Waals surface area contributed by atoms with Gasteiger partial charge in [-0.3, -0.25) is 4.98 Å². The topological polar surface area (TPSA) is 34.1 Å². The number of aromatic nitrogens is 1. The molecule has 0 aliphatic rings. The standard InChI is InChI=1S/C15H18N2O/c1-3-18-15-6-4-5-14(8-15)17-11-13-7-12(2)9-16-10-13/h4-10,17H,3,11H2,1-2H3. The van der Waals surface area contributed by atoms with Crippen molar-refractivity contribution in [1.29, 1.82) is 0 Å². The lowest BCUT2D eigenvalue weighted by Gasteiger charge is -2.09. The molecule has 0 spiro atoms. The molecule has 0 saturated carbocycles. The average molecular weight is 242 g/mol. The molecule has 1 heterocycles. The molecule has 0 fully saturated rings. The maximum Gasteiger partial charge on any atom is 0.121 e. The molecule has 0 saturated heterocycles. The summed E-state index contributed by atoms with van der Waals surface area (Å²) < 4.78 is 5.47. The Balaban J connectivity index is 1.99. The summed E-state index contributed by atoms with van der Waals surface area (Å²) in [5, 5.41) is 3.37. The number of nitrogens with one attached hydrogen (secondary N) is 1. The van der Waals surface area contributed by atoms with Crippen molar-refractivity contribution in [2.24, 2.45) is 0 Å². The summed E-state index contributed by atoms with van der Waals surface area (Å²) in [6.45, 7) is 5.49. The Morgan fingerprint density at radius 3 is 2.89 bits per heavy atom. The number of pyridine rings is 1. The predicted molar refractivity (Wildman–Crippen MR) is 73.9 cm³/mol. The van der Waals surface area contributed by atoms with Crippen LogP contribution in [-0.2, 0) is 6.54 Å². The van der Waals surface area contributed by atoms with Crippen LogP contribution < -0.4 is 10.1 Å². The molecular formula is C15H18N2O. The fourth-order valence-corrected chi connectivity index (χ4v) is 1.78. The average Bonchev–Trinajstić information content (AvgIpc) is 2.37. The summed E-state index contributed by atoms with van der Waals surface area (Å²) in [4.78, 5) is 4.18. The molecule has 0 bridgehead atoms. The highest BCUT2D eigenvalue weighted by Crippen LogP contribution is 2.18. The van der Waals surface area contributed by atoms with Crippen molar-refractivity contribution in [3.63, 3.8) is 0 Å². The van der Waals surface area contributed by atoms with E-state index in [1.54, 1.807) is 0 Å². The van der Waals surface area contributed by atoms with Crippen molar-refractivity contribution in [2.45, 2.75) is 20.4 Å². The molecule has 2 rings (SSSR count). The van der Waals surface area contributed by atoms with Crippen molar-refractivity contribution in [3.05, 3.63) is 53.9 Å². The van der Waals surface area contributed by atoms with Crippen LogP contribution in [0.1, 0.15) is 18.1 Å². The Hall–Kier alpha value is -2.03. The summed E-state index contributed by atoms with van der Waals surface area (Å²) in [6, 6.07) is 10.1. The highest BCUT2D eigenvalue weighted by molar-refractivity contribution is 5.48. The number of hydrogen-bond donors (Lipinski definition) is 1. The summed E-state index contributed by atoms with van der Waals surface area (Å²) in [7, 11) is 0. The second-order valence-corrected chi connectivity index (χ2v) is 4.18. The zero-order chi connectivity index (χ0) is 12.8. The van der Waals surface area contributed by atoms with Crippen LogP contribution in [0.2, 0.25) is 0 Å². The number of hydrogen-bond acceptors (Lipinski definition) is 3. The van der Waals surface area contributed by atoms with Crippen molar-refractivity contribution in [3.8, 4) is 5.75 Å². The molecule has 0 aliphatic carbocycles. The summed E-state index contributed by atoms with van der Waals surface area (Å²) in [5.74, 6) is 0.893. The predicted octanol–water partition coefficient (Wildman–Crippen LogP) is 3.40. The summed E-state index contributed by atoms with van der Waals surface area (Å²) in [6.07, 6.45) is 3.74. The van der Waals surface area contributed by atoms with Crippen LogP contribution in [0.5, 0.6) is 5.75 Å². The SMILES string of the molecule is CCOc1cccc(NCc2cncc(C)c2)c1. The Labute approximate surface area is 108 Å². The van der Waals surface area contributed by atoms with Gasteiger partial charge in [-0.2, -0.15) is 0 Å². The van der Waals surface area contributed by atoms with Gasteiger partial charge in [0.25, 0.3) is 0 Å². The quantitative estimate of drug-likeness (QED) is 0.872. The Morgan fingerprint density at radius 1 is 1.22 bits per heavy atom. The van der Waals surface area contributed by atoms with Gasteiger partial charge >= 0.3 is 0 Å². The lowest BCUT2D eigenvalue weighted by atomic mass is 10.2. The molecule has 3 heteroatoms. The fourth-order valence-electron chi connectivity index (χ4n) is 1.78. The van der Waals surface area contributed by atoms with Crippen LogP contribution in [0.3, 0.4) is 0 Å². The van der Waals surface area contributed by atoms with Crippen molar-refractivity contribution >= 4 is 5.69 Å². The third-order valence-electron chi connectivity index (χ3n) is 2.57. The highest BCUT2D eigenvalue weighted by atomic mass is 16.5. The molecule has 0 atom stereocenters. The molecule has 94 valence electrons. The van der Waals surface area contributed by atoms with Gasteiger partial charge in [0, 0.05) is 30.7 Å². The third kappa shape index (κ3) is 3.48. The largest absolute Gasteiger partial charge is 0.494 e. The maximum absolute atomic E-state index is 5.47. The Bertz CT molecular complexity index is 511. The summed E-state index contributed by atoms with van der Waals surface area (Å²) >= 11 is 0. The van der Waals surface area contributed by atoms with Gasteiger partial charge in [-0.05, 0) is 37.1 Å². The Kier molecular flexibility index (Phi) is 4.18. The first kappa shape index (κ1) is 12.4. The third-order valence-corrected chi connectivity index (χ3v) is 2.57. The molecule has 3 nitrogen and oxygen atoms in total. The van der Waals surface area contributed by atoms with E-state index in [1.165, 1.54) is 11.1 Å². The Morgan fingerprint density at radius 2 is 2.11 bits per heavy atom. The van der Waals surface area contributed by atoms with Crippen LogP contribution in [0.25, 0.3) is 0 Å². The molecule has 0 radical (unpaired) electrons. The van der Waals surface area contributed by atoms with Crippen LogP contribution >= 0.6 is 0 Å². The van der Waals surface area contributed by atoms with Crippen molar-refractivity contribution in [2.75, 3.05) is 11.9 Å². The number of anilines is 1. The van der Waals surface area contributed by atoms with Gasteiger partial charge in [0.15, 0.2) is 0 Å². The molecule has 0 amide bonds. The molecule has 2 aromatic rings. The lowest BCUT2D eigenvalue weighted by molar-refractivity contribution is 0.340. The van der Waals surface area contributed by atoms with Crippen LogP contribution in [0.4, 0.5) is 5.69 Å². The van der Waals surface area contributed by atoms with Crippen LogP contribution in [-0.4, -0.2) is 11.6 Å². The molecular weight excluding hydrogens is 224 g/mol. The first-order valence-electron chi connectivity index (χ1n) is 6.15. The van der Waals surface area contributed by atoms with Gasteiger partial charge in [0.2, 0.25) is 0 Å². The van der Waals surface area contributed by atoms with Crippen LogP contribution in [0, 0.1) is 6.92 Å². The minimum atomic E-state index is 0.686. The maximum atomic E-state index is 5.47. The highest BCUT2D eigenvalue weighted by Gasteiger charge is 1.97. The van der Waals surface area contributed by atoms with E-state index < -0.39 is 0 Å². The fraction of sp³-hybridized carbons (Fsp3) is 0.267. The van der Waals surface area contributed by atoms with E-state index in [0.717, 1.165) is 18.0 Å². The van der Waals surface area contributed by atoms with Gasteiger partial charge in [0.1, 0.15) is 5.75 Å². The van der Waals surface area contributed by atoms with E-state index in [-0.39, 0.29) is 0 Å². The van der Waals surface area contributed by atoms with Gasteiger partial charge in [0.05, 0.1) is 6.61 Å². The number of rotatable bonds is 5. The minimum absolute atomic E-state index is 0.686. The van der Waals surface area contributed by atoms with Crippen molar-refractivity contribution in [1.82, 2.24) is 4.98 Å². The first-order chi connectivity index (χ1) is 8.78. The zero-order valence-electron chi connectivity index (χ0n) is 10.8. The van der Waals surface area contributed by atoms with Gasteiger partial charge in [-0.1, -0.05) is 12.1 Å². The second-order valence-electron chi connectivity index (χ2n) is 4.18. The van der Waals surface area contributed by atoms with Gasteiger partial charge < -0.3 is 10.1 Å². The zero-order valence-corrected chi connectivity index (χ0v) is 10.8. The second kappa shape index (κ2) is 6.05. The molecule has 0 aliphatic heterocycles. The van der Waals surface area contributed by atoms with E-state index in [0.29, 0.717) is 6.61 Å². The van der Waals surface area contributed by atoms with Crippen LogP contribution in [0.15, 0.2) is 42.7 Å². The number of ether oxygens (including phenoxy) is 1. The van der Waals surface area contributed by atoms with E-state index in [2.05, 4.69) is 16.4 Å². The number of nitrogens with zero attached hydrogens (tertiary/aromatic N) is 1.